The van der Waals surface area contributed by atoms with Gasteiger partial charge in [0.1, 0.15) is 12.1 Å². The molecule has 0 fully saturated rings. The summed E-state index contributed by atoms with van der Waals surface area (Å²) in [7, 11) is 0. The number of imidazole rings is 1. The van der Waals surface area contributed by atoms with Crippen LogP contribution in [-0.2, 0) is 13.0 Å². The summed E-state index contributed by atoms with van der Waals surface area (Å²) in [6, 6.07) is 1.95. The van der Waals surface area contributed by atoms with Gasteiger partial charge in [-0.3, -0.25) is 0 Å². The van der Waals surface area contributed by atoms with Crippen LogP contribution >= 0.6 is 0 Å². The molecule has 4 nitrogen and oxygen atoms in total. The lowest BCUT2D eigenvalue weighted by atomic mass is 9.95. The number of aryl methyl sites for hydroxylation is 1. The van der Waals surface area contributed by atoms with E-state index < -0.39 is 0 Å². The molecule has 0 bridgehead atoms. The van der Waals surface area contributed by atoms with Gasteiger partial charge in [-0.25, -0.2) is 4.98 Å². The van der Waals surface area contributed by atoms with E-state index in [1.54, 1.807) is 6.26 Å². The molecule has 0 N–H and O–H groups in total. The molecule has 0 aromatic carbocycles. The van der Waals surface area contributed by atoms with Gasteiger partial charge in [0, 0.05) is 37.3 Å². The summed E-state index contributed by atoms with van der Waals surface area (Å²) in [6.45, 7) is 1.03. The van der Waals surface area contributed by atoms with E-state index in [0.29, 0.717) is 5.92 Å². The molecule has 0 aliphatic carbocycles. The Morgan fingerprint density at radius 3 is 3.36 bits per heavy atom. The molecule has 14 heavy (non-hydrogen) atoms. The van der Waals surface area contributed by atoms with Crippen LogP contribution in [0.4, 0.5) is 0 Å². The van der Waals surface area contributed by atoms with E-state index in [-0.39, 0.29) is 0 Å². The van der Waals surface area contributed by atoms with Crippen LogP contribution < -0.4 is 0 Å². The van der Waals surface area contributed by atoms with Crippen molar-refractivity contribution in [3.8, 4) is 0 Å². The summed E-state index contributed by atoms with van der Waals surface area (Å²) in [6.07, 6.45) is 7.63. The third-order valence-electron chi connectivity index (χ3n) is 2.83. The highest BCUT2D eigenvalue weighted by Gasteiger charge is 2.22. The minimum Gasteiger partial charge on any atom is -0.365 e. The second-order valence-electron chi connectivity index (χ2n) is 3.65. The lowest BCUT2D eigenvalue weighted by Gasteiger charge is -2.21. The first kappa shape index (κ1) is 7.79. The Hall–Kier alpha value is -1.58. The fourth-order valence-corrected chi connectivity index (χ4v) is 2.04. The van der Waals surface area contributed by atoms with Gasteiger partial charge in [-0.05, 0) is 6.42 Å². The third-order valence-corrected chi connectivity index (χ3v) is 2.83. The molecular weight excluding hydrogens is 178 g/mol. The second-order valence-corrected chi connectivity index (χ2v) is 3.65. The van der Waals surface area contributed by atoms with Crippen LogP contribution in [0.2, 0.25) is 0 Å². The van der Waals surface area contributed by atoms with Crippen LogP contribution in [0.5, 0.6) is 0 Å². The molecule has 1 aliphatic rings. The van der Waals surface area contributed by atoms with Gasteiger partial charge in [0.25, 0.3) is 0 Å². The number of hydrogen-bond donors (Lipinski definition) is 0. The molecule has 2 aromatic heterocycles. The van der Waals surface area contributed by atoms with Crippen molar-refractivity contribution in [3.05, 3.63) is 36.2 Å². The van der Waals surface area contributed by atoms with Crippen LogP contribution in [0.1, 0.15) is 23.9 Å². The Bertz CT molecular complexity index is 418. The summed E-state index contributed by atoms with van der Waals surface area (Å²) < 4.78 is 7.06. The highest BCUT2D eigenvalue weighted by atomic mass is 16.5. The highest BCUT2D eigenvalue weighted by molar-refractivity contribution is 5.10. The fraction of sp³-hybridized carbons (Fsp3) is 0.400. The van der Waals surface area contributed by atoms with Gasteiger partial charge in [0.15, 0.2) is 0 Å². The zero-order valence-corrected chi connectivity index (χ0v) is 7.76. The van der Waals surface area contributed by atoms with Gasteiger partial charge in [-0.2, -0.15) is 0 Å². The van der Waals surface area contributed by atoms with E-state index in [2.05, 4.69) is 14.7 Å². The van der Waals surface area contributed by atoms with Crippen molar-refractivity contribution in [2.75, 3.05) is 0 Å². The van der Waals surface area contributed by atoms with E-state index >= 15 is 0 Å². The highest BCUT2D eigenvalue weighted by Crippen LogP contribution is 2.27. The third kappa shape index (κ3) is 1.14. The average molecular weight is 189 g/mol. The van der Waals surface area contributed by atoms with Crippen molar-refractivity contribution in [2.45, 2.75) is 25.3 Å². The number of aromatic nitrogens is 3. The van der Waals surface area contributed by atoms with Crippen molar-refractivity contribution in [3.63, 3.8) is 0 Å². The molecule has 0 saturated heterocycles. The molecule has 1 aliphatic heterocycles. The molecule has 1 atom stereocenters. The SMILES string of the molecule is c1cn2c(n1)C[C@H](c1ccon1)CC2. The van der Waals surface area contributed by atoms with Gasteiger partial charge in [0.05, 0.1) is 5.69 Å². The lowest BCUT2D eigenvalue weighted by molar-refractivity contribution is 0.387. The molecule has 0 amide bonds. The van der Waals surface area contributed by atoms with Crippen LogP contribution in [0, 0.1) is 0 Å². The fourth-order valence-electron chi connectivity index (χ4n) is 2.04. The maximum atomic E-state index is 4.86. The predicted octanol–water partition coefficient (Wildman–Crippen LogP) is 1.60. The normalized spacial score (nSPS) is 20.7. The molecule has 2 aromatic rings. The van der Waals surface area contributed by atoms with Crippen LogP contribution in [0.25, 0.3) is 0 Å². The van der Waals surface area contributed by atoms with Gasteiger partial charge in [-0.1, -0.05) is 5.16 Å². The van der Waals surface area contributed by atoms with Crippen molar-refractivity contribution in [2.24, 2.45) is 0 Å². The molecule has 0 unspecified atom stereocenters. The number of fused-ring (bicyclic) bond motifs is 1. The van der Waals surface area contributed by atoms with E-state index in [1.807, 2.05) is 18.5 Å². The topological polar surface area (TPSA) is 43.9 Å². The summed E-state index contributed by atoms with van der Waals surface area (Å²) in [4.78, 5) is 4.32. The van der Waals surface area contributed by atoms with Crippen molar-refractivity contribution in [1.29, 1.82) is 0 Å². The zero-order valence-electron chi connectivity index (χ0n) is 7.76. The molecule has 0 radical (unpaired) electrons. The minimum atomic E-state index is 0.476. The molecule has 0 saturated carbocycles. The average Bonchev–Trinajstić information content (AvgIpc) is 2.88. The van der Waals surface area contributed by atoms with Crippen LogP contribution in [0.15, 0.2) is 29.2 Å². The monoisotopic (exact) mass is 189 g/mol. The Labute approximate surface area is 81.5 Å². The Morgan fingerprint density at radius 1 is 1.50 bits per heavy atom. The predicted molar refractivity (Wildman–Crippen MR) is 49.8 cm³/mol. The molecule has 0 spiro atoms. The van der Waals surface area contributed by atoms with Crippen LogP contribution in [-0.4, -0.2) is 14.7 Å². The molecular formula is C10H11N3O. The second kappa shape index (κ2) is 2.97. The van der Waals surface area contributed by atoms with Crippen molar-refractivity contribution >= 4 is 0 Å². The van der Waals surface area contributed by atoms with Gasteiger partial charge in [0.2, 0.25) is 0 Å². The van der Waals surface area contributed by atoms with Crippen molar-refractivity contribution in [1.82, 2.24) is 14.7 Å². The van der Waals surface area contributed by atoms with Gasteiger partial charge < -0.3 is 9.09 Å². The maximum Gasteiger partial charge on any atom is 0.124 e. The Kier molecular flexibility index (Phi) is 1.65. The molecule has 3 heterocycles. The smallest absolute Gasteiger partial charge is 0.124 e. The summed E-state index contributed by atoms with van der Waals surface area (Å²) in [5.41, 5.74) is 1.05. The standard InChI is InChI=1S/C10H11N3O/c1-4-13-5-3-11-10(13)7-8(1)9-2-6-14-12-9/h2-3,5-6,8H,1,4,7H2/t8-/m1/s1. The number of nitrogens with zero attached hydrogens (tertiary/aromatic N) is 3. The van der Waals surface area contributed by atoms with E-state index in [9.17, 15) is 0 Å². The summed E-state index contributed by atoms with van der Waals surface area (Å²) >= 11 is 0. The molecule has 72 valence electrons. The Balaban J connectivity index is 1.88. The van der Waals surface area contributed by atoms with Gasteiger partial charge >= 0.3 is 0 Å². The maximum absolute atomic E-state index is 4.86. The quantitative estimate of drug-likeness (QED) is 0.684. The number of hydrogen-bond acceptors (Lipinski definition) is 3. The van der Waals surface area contributed by atoms with E-state index in [0.717, 1.165) is 30.9 Å². The summed E-state index contributed by atoms with van der Waals surface area (Å²) in [5.74, 6) is 1.63. The zero-order chi connectivity index (χ0) is 9.38. The molecule has 4 heteroatoms. The Morgan fingerprint density at radius 2 is 2.50 bits per heavy atom. The van der Waals surface area contributed by atoms with Gasteiger partial charge in [-0.15, -0.1) is 0 Å². The molecule has 3 rings (SSSR count). The van der Waals surface area contributed by atoms with Crippen molar-refractivity contribution < 1.29 is 4.52 Å². The lowest BCUT2D eigenvalue weighted by Crippen LogP contribution is -2.17. The first-order valence-electron chi connectivity index (χ1n) is 4.84. The first-order valence-corrected chi connectivity index (χ1v) is 4.84. The number of rotatable bonds is 1. The van der Waals surface area contributed by atoms with E-state index in [1.165, 1.54) is 0 Å². The summed E-state index contributed by atoms with van der Waals surface area (Å²) in [5, 5.41) is 3.99. The largest absolute Gasteiger partial charge is 0.365 e. The minimum absolute atomic E-state index is 0.476. The van der Waals surface area contributed by atoms with Crippen LogP contribution in [0.3, 0.4) is 0 Å². The van der Waals surface area contributed by atoms with E-state index in [4.69, 9.17) is 4.52 Å². The first-order chi connectivity index (χ1) is 6.93.